The third-order valence-corrected chi connectivity index (χ3v) is 0.653. The molecule has 0 aromatic rings. The maximum atomic E-state index is 9.72. The Labute approximate surface area is 102 Å². The molecule has 65 valence electrons. The van der Waals surface area contributed by atoms with Gasteiger partial charge in [0.25, 0.3) is 0 Å². The van der Waals surface area contributed by atoms with E-state index in [2.05, 4.69) is 0 Å². The number of hydrogen-bond acceptors (Lipinski definition) is 3. The number of rotatable bonds is 3. The molecule has 1 radical (unpaired) electrons. The van der Waals surface area contributed by atoms with Gasteiger partial charge in [0.15, 0.2) is 6.10 Å². The van der Waals surface area contributed by atoms with Gasteiger partial charge in [-0.3, -0.25) is 4.79 Å². The molecule has 5 nitrogen and oxygen atoms in total. The molecule has 7 heteroatoms. The van der Waals surface area contributed by atoms with Gasteiger partial charge >= 0.3 is 41.5 Å². The summed E-state index contributed by atoms with van der Waals surface area (Å²) < 4.78 is 0. The van der Waals surface area contributed by atoms with E-state index in [0.29, 0.717) is 0 Å². The van der Waals surface area contributed by atoms with Gasteiger partial charge in [-0.25, -0.2) is 4.79 Å². The smallest absolute Gasteiger partial charge is 1.00 e. The van der Waals surface area contributed by atoms with E-state index in [9.17, 15) is 9.59 Å². The second kappa shape index (κ2) is 8.73. The quantitative estimate of drug-likeness (QED) is 0.449. The van der Waals surface area contributed by atoms with Crippen molar-refractivity contribution in [1.82, 2.24) is 0 Å². The van der Waals surface area contributed by atoms with Crippen molar-refractivity contribution < 1.29 is 78.3 Å². The van der Waals surface area contributed by atoms with Gasteiger partial charge in [-0.2, -0.15) is 0 Å². The first-order valence-corrected chi connectivity index (χ1v) is 2.16. The zero-order valence-electron chi connectivity index (χ0n) is 6.74. The predicted octanol–water partition coefficient (Wildman–Crippen LogP) is -3.98. The zero-order valence-corrected chi connectivity index (χ0v) is 9.91. The fraction of sp³-hybridized carbons (Fsp3) is 0.500. The van der Waals surface area contributed by atoms with Crippen LogP contribution in [0.5, 0.6) is 0 Å². The minimum absolute atomic E-state index is 0. The molecule has 0 heterocycles. The van der Waals surface area contributed by atoms with Crippen LogP contribution in [0.2, 0.25) is 0 Å². The summed E-state index contributed by atoms with van der Waals surface area (Å²) in [7, 11) is 0. The molecule has 0 rings (SSSR count). The minimum atomic E-state index is -1.79. The van der Waals surface area contributed by atoms with E-state index in [1.165, 1.54) is 0 Å². The third kappa shape index (κ3) is 10.6. The van der Waals surface area contributed by atoms with Gasteiger partial charge in [0.05, 0.1) is 6.42 Å². The van der Waals surface area contributed by atoms with Gasteiger partial charge in [0.1, 0.15) is 0 Å². The molecule has 0 aliphatic carbocycles. The molecular formula is C4H7AuNaO5. The van der Waals surface area contributed by atoms with E-state index in [4.69, 9.17) is 15.3 Å². The molecule has 0 saturated carbocycles. The fourth-order valence-electron chi connectivity index (χ4n) is 0.253. The summed E-state index contributed by atoms with van der Waals surface area (Å²) in [4.78, 5) is 19.4. The normalized spacial score (nSPS) is 10.3. The molecule has 0 spiro atoms. The van der Waals surface area contributed by atoms with Crippen LogP contribution in [0.1, 0.15) is 7.85 Å². The Hall–Kier alpha value is 0.640. The van der Waals surface area contributed by atoms with Crippen LogP contribution in [0.4, 0.5) is 0 Å². The first kappa shape index (κ1) is 17.7. The number of carboxylic acids is 2. The standard InChI is InChI=1S/C4H6O5.Au.Na.H/c5-2(4(8)9)1-3(6)7;;;/h2,5H,1H2,(H,6,7)(H,8,9);;;/q;;+1;-1. The van der Waals surface area contributed by atoms with E-state index in [-0.39, 0.29) is 53.4 Å². The Morgan fingerprint density at radius 3 is 1.82 bits per heavy atom. The molecule has 0 bridgehead atoms. The van der Waals surface area contributed by atoms with Crippen molar-refractivity contribution in [1.29, 1.82) is 0 Å². The van der Waals surface area contributed by atoms with Crippen LogP contribution < -0.4 is 29.6 Å². The van der Waals surface area contributed by atoms with E-state index < -0.39 is 24.5 Å². The van der Waals surface area contributed by atoms with Crippen LogP contribution in [0, 0.1) is 0 Å². The van der Waals surface area contributed by atoms with E-state index >= 15 is 0 Å². The van der Waals surface area contributed by atoms with Crippen LogP contribution in [0.25, 0.3) is 0 Å². The minimum Gasteiger partial charge on any atom is -1.00 e. The van der Waals surface area contributed by atoms with Gasteiger partial charge in [-0.15, -0.1) is 0 Å². The van der Waals surface area contributed by atoms with E-state index in [0.717, 1.165) is 0 Å². The molecule has 0 amide bonds. The summed E-state index contributed by atoms with van der Waals surface area (Å²) in [5.41, 5.74) is 0. The Balaban J connectivity index is -0.000000107. The van der Waals surface area contributed by atoms with E-state index in [1.54, 1.807) is 0 Å². The predicted molar refractivity (Wildman–Crippen MR) is 27.0 cm³/mol. The first-order chi connectivity index (χ1) is 4.04. The second-order valence-corrected chi connectivity index (χ2v) is 1.45. The molecule has 0 fully saturated rings. The maximum absolute atomic E-state index is 9.72. The van der Waals surface area contributed by atoms with Crippen LogP contribution in [-0.2, 0) is 32.0 Å². The largest absolute Gasteiger partial charge is 1.00 e. The van der Waals surface area contributed by atoms with Gasteiger partial charge < -0.3 is 16.7 Å². The number of aliphatic hydroxyl groups is 1. The number of aliphatic hydroxyl groups excluding tert-OH is 1. The van der Waals surface area contributed by atoms with Crippen molar-refractivity contribution in [2.75, 3.05) is 0 Å². The molecule has 1 atom stereocenters. The molecule has 0 aliphatic rings. The van der Waals surface area contributed by atoms with Crippen LogP contribution >= 0.6 is 0 Å². The first-order valence-electron chi connectivity index (χ1n) is 2.16. The number of carbonyl (C=O) groups is 2. The van der Waals surface area contributed by atoms with Crippen molar-refractivity contribution in [2.24, 2.45) is 0 Å². The van der Waals surface area contributed by atoms with Crippen LogP contribution in [-0.4, -0.2) is 33.4 Å². The van der Waals surface area contributed by atoms with Crippen molar-refractivity contribution >= 4 is 11.9 Å². The Kier molecular flexibility index (Phi) is 14.0. The SMILES string of the molecule is O=C(O)CC(O)C(=O)O.[Au].[H-].[Na+]. The summed E-state index contributed by atoms with van der Waals surface area (Å²) in [5, 5.41) is 24.1. The summed E-state index contributed by atoms with van der Waals surface area (Å²) in [6.07, 6.45) is -2.54. The van der Waals surface area contributed by atoms with E-state index in [1.807, 2.05) is 0 Å². The summed E-state index contributed by atoms with van der Waals surface area (Å²) in [6, 6.07) is 0. The van der Waals surface area contributed by atoms with Gasteiger partial charge in [0, 0.05) is 22.4 Å². The van der Waals surface area contributed by atoms with Crippen molar-refractivity contribution in [2.45, 2.75) is 12.5 Å². The maximum Gasteiger partial charge on any atom is 1.00 e. The molecule has 0 aromatic heterocycles. The molecule has 1 unspecified atom stereocenters. The zero-order chi connectivity index (χ0) is 7.44. The monoisotopic (exact) mass is 355 g/mol. The Morgan fingerprint density at radius 2 is 1.73 bits per heavy atom. The van der Waals surface area contributed by atoms with Gasteiger partial charge in [-0.05, 0) is 0 Å². The van der Waals surface area contributed by atoms with Crippen LogP contribution in [0.3, 0.4) is 0 Å². The van der Waals surface area contributed by atoms with Crippen LogP contribution in [0.15, 0.2) is 0 Å². The molecule has 11 heavy (non-hydrogen) atoms. The number of carboxylic acid groups (broad SMARTS) is 2. The molecule has 0 aliphatic heterocycles. The summed E-state index contributed by atoms with van der Waals surface area (Å²) in [5.74, 6) is -2.85. The number of aliphatic carboxylic acids is 2. The average molecular weight is 355 g/mol. The average Bonchev–Trinajstić information content (AvgIpc) is 1.63. The second-order valence-electron chi connectivity index (χ2n) is 1.45. The molecule has 0 aromatic carbocycles. The summed E-state index contributed by atoms with van der Waals surface area (Å²) in [6.45, 7) is 0. The Morgan fingerprint density at radius 1 is 1.36 bits per heavy atom. The Bertz CT molecular complexity index is 143. The van der Waals surface area contributed by atoms with Gasteiger partial charge in [-0.1, -0.05) is 0 Å². The summed E-state index contributed by atoms with van der Waals surface area (Å²) >= 11 is 0. The molecular weight excluding hydrogens is 348 g/mol. The third-order valence-electron chi connectivity index (χ3n) is 0.653. The molecule has 0 saturated heterocycles. The van der Waals surface area contributed by atoms with Crippen molar-refractivity contribution in [3.05, 3.63) is 0 Å². The van der Waals surface area contributed by atoms with Crippen molar-refractivity contribution in [3.8, 4) is 0 Å². The number of hydrogen-bond donors (Lipinski definition) is 3. The van der Waals surface area contributed by atoms with Crippen molar-refractivity contribution in [3.63, 3.8) is 0 Å². The van der Waals surface area contributed by atoms with Gasteiger partial charge in [0.2, 0.25) is 0 Å². The molecule has 3 N–H and O–H groups in total. The fourth-order valence-corrected chi connectivity index (χ4v) is 0.253. The topological polar surface area (TPSA) is 94.8 Å².